The van der Waals surface area contributed by atoms with Crippen molar-refractivity contribution in [3.05, 3.63) is 18.4 Å². The second-order valence-electron chi connectivity index (χ2n) is 1.02. The van der Waals surface area contributed by atoms with Crippen LogP contribution in [0, 0.1) is 0 Å². The van der Waals surface area contributed by atoms with Gasteiger partial charge < -0.3 is 9.30 Å². The summed E-state index contributed by atoms with van der Waals surface area (Å²) in [6.45, 7) is 0. The summed E-state index contributed by atoms with van der Waals surface area (Å²) < 4.78 is 4.51. The topological polar surface area (TPSA) is 42.6 Å². The smallest absolute Gasteiger partial charge is 0.321 e. The van der Waals surface area contributed by atoms with Gasteiger partial charge in [0.15, 0.2) is 0 Å². The molecule has 0 atom stereocenters. The van der Waals surface area contributed by atoms with Crippen molar-refractivity contribution in [2.75, 3.05) is 0 Å². The van der Waals surface area contributed by atoms with Crippen LogP contribution in [0.15, 0.2) is 22.8 Å². The van der Waals surface area contributed by atoms with E-state index in [4.69, 9.17) is 5.26 Å². The summed E-state index contributed by atoms with van der Waals surface area (Å²) in [7, 11) is 0. The van der Waals surface area contributed by atoms with E-state index in [-0.39, 0.29) is 5.95 Å². The third-order valence-electron chi connectivity index (χ3n) is 0.585. The summed E-state index contributed by atoms with van der Waals surface area (Å²) >= 11 is 0. The van der Waals surface area contributed by atoms with Gasteiger partial charge in [-0.25, -0.2) is 0 Å². The Morgan fingerprint density at radius 1 is 1.71 bits per heavy atom. The standard InChI is InChI=1S/C4H4O3/c5-7-4-2-1-3-6-4/h1-3,5H. The van der Waals surface area contributed by atoms with Crippen molar-refractivity contribution in [3.63, 3.8) is 0 Å². The molecular weight excluding hydrogens is 96.0 g/mol. The Labute approximate surface area is 40.1 Å². The van der Waals surface area contributed by atoms with Crippen LogP contribution in [0.5, 0.6) is 5.95 Å². The van der Waals surface area contributed by atoms with Gasteiger partial charge in [0.2, 0.25) is 0 Å². The first kappa shape index (κ1) is 4.21. The third-order valence-corrected chi connectivity index (χ3v) is 0.585. The molecule has 0 radical (unpaired) electrons. The van der Waals surface area contributed by atoms with Gasteiger partial charge in [-0.15, -0.1) is 0 Å². The lowest BCUT2D eigenvalue weighted by Gasteiger charge is -1.81. The molecule has 0 aliphatic heterocycles. The summed E-state index contributed by atoms with van der Waals surface area (Å²) in [4.78, 5) is 3.69. The molecule has 1 N–H and O–H groups in total. The Morgan fingerprint density at radius 2 is 2.57 bits per heavy atom. The van der Waals surface area contributed by atoms with Crippen LogP contribution >= 0.6 is 0 Å². The number of hydrogen-bond acceptors (Lipinski definition) is 3. The minimum Gasteiger partial charge on any atom is -0.432 e. The monoisotopic (exact) mass is 100 g/mol. The molecule has 0 fully saturated rings. The van der Waals surface area contributed by atoms with Gasteiger partial charge >= 0.3 is 5.95 Å². The summed E-state index contributed by atoms with van der Waals surface area (Å²) in [5.74, 6) is 0.111. The summed E-state index contributed by atoms with van der Waals surface area (Å²) in [5, 5.41) is 7.83. The Kier molecular flexibility index (Phi) is 0.997. The maximum Gasteiger partial charge on any atom is 0.321 e. The van der Waals surface area contributed by atoms with Crippen molar-refractivity contribution in [1.29, 1.82) is 0 Å². The molecule has 0 aliphatic rings. The molecule has 0 aromatic carbocycles. The molecule has 1 heterocycles. The number of furan rings is 1. The Morgan fingerprint density at radius 3 is 2.86 bits per heavy atom. The van der Waals surface area contributed by atoms with E-state index in [1.165, 1.54) is 12.3 Å². The fourth-order valence-corrected chi connectivity index (χ4v) is 0.315. The Bertz CT molecular complexity index is 121. The average molecular weight is 100 g/mol. The third kappa shape index (κ3) is 0.721. The highest BCUT2D eigenvalue weighted by Crippen LogP contribution is 2.06. The van der Waals surface area contributed by atoms with Crippen molar-refractivity contribution in [2.24, 2.45) is 0 Å². The predicted molar refractivity (Wildman–Crippen MR) is 22.0 cm³/mol. The molecule has 38 valence electrons. The predicted octanol–water partition coefficient (Wildman–Crippen LogP) is 1.13. The fourth-order valence-electron chi connectivity index (χ4n) is 0.315. The van der Waals surface area contributed by atoms with Gasteiger partial charge in [0.25, 0.3) is 0 Å². The van der Waals surface area contributed by atoms with Crippen LogP contribution < -0.4 is 4.89 Å². The molecule has 0 amide bonds. The maximum atomic E-state index is 7.83. The van der Waals surface area contributed by atoms with Gasteiger partial charge in [0.1, 0.15) is 0 Å². The van der Waals surface area contributed by atoms with Crippen molar-refractivity contribution in [2.45, 2.75) is 0 Å². The lowest BCUT2D eigenvalue weighted by atomic mass is 10.7. The van der Waals surface area contributed by atoms with Gasteiger partial charge in [0.05, 0.1) is 6.26 Å². The van der Waals surface area contributed by atoms with Crippen LogP contribution in [-0.2, 0) is 0 Å². The van der Waals surface area contributed by atoms with Gasteiger partial charge in [-0.3, -0.25) is 0 Å². The molecule has 0 saturated carbocycles. The van der Waals surface area contributed by atoms with E-state index in [1.807, 2.05) is 0 Å². The molecule has 3 nitrogen and oxygen atoms in total. The number of rotatable bonds is 1. The van der Waals surface area contributed by atoms with Crippen molar-refractivity contribution in [1.82, 2.24) is 0 Å². The summed E-state index contributed by atoms with van der Waals surface area (Å²) in [5.41, 5.74) is 0. The molecule has 1 aromatic heterocycles. The van der Waals surface area contributed by atoms with Crippen LogP contribution in [-0.4, -0.2) is 5.26 Å². The molecule has 0 bridgehead atoms. The molecule has 1 aromatic rings. The van der Waals surface area contributed by atoms with Gasteiger partial charge in [0, 0.05) is 6.07 Å². The second-order valence-corrected chi connectivity index (χ2v) is 1.02. The van der Waals surface area contributed by atoms with Crippen molar-refractivity contribution in [3.8, 4) is 5.95 Å². The fraction of sp³-hybridized carbons (Fsp3) is 0. The minimum absolute atomic E-state index is 0.111. The molecule has 0 spiro atoms. The van der Waals surface area contributed by atoms with Crippen LogP contribution in [0.2, 0.25) is 0 Å². The zero-order chi connectivity index (χ0) is 5.11. The average Bonchev–Trinajstić information content (AvgIpc) is 2.14. The molecule has 7 heavy (non-hydrogen) atoms. The molecule has 1 rings (SSSR count). The van der Waals surface area contributed by atoms with Crippen LogP contribution in [0.25, 0.3) is 0 Å². The van der Waals surface area contributed by atoms with Crippen LogP contribution in [0.3, 0.4) is 0 Å². The zero-order valence-corrected chi connectivity index (χ0v) is 3.50. The molecule has 0 aliphatic carbocycles. The maximum absolute atomic E-state index is 7.83. The highest BCUT2D eigenvalue weighted by molar-refractivity contribution is 5.02. The van der Waals surface area contributed by atoms with Crippen molar-refractivity contribution >= 4 is 0 Å². The molecule has 0 saturated heterocycles. The molecular formula is C4H4O3. The van der Waals surface area contributed by atoms with Crippen molar-refractivity contribution < 1.29 is 14.6 Å². The first-order chi connectivity index (χ1) is 3.43. The first-order valence-electron chi connectivity index (χ1n) is 1.78. The van der Waals surface area contributed by atoms with E-state index < -0.39 is 0 Å². The van der Waals surface area contributed by atoms with E-state index >= 15 is 0 Å². The summed E-state index contributed by atoms with van der Waals surface area (Å²) in [6, 6.07) is 3.12. The van der Waals surface area contributed by atoms with E-state index in [0.717, 1.165) is 0 Å². The van der Waals surface area contributed by atoms with E-state index in [2.05, 4.69) is 9.30 Å². The van der Waals surface area contributed by atoms with E-state index in [1.54, 1.807) is 6.07 Å². The zero-order valence-electron chi connectivity index (χ0n) is 3.50. The van der Waals surface area contributed by atoms with Gasteiger partial charge in [-0.1, -0.05) is 0 Å². The largest absolute Gasteiger partial charge is 0.432 e. The minimum atomic E-state index is 0.111. The normalized spacial score (nSPS) is 8.71. The second kappa shape index (κ2) is 1.66. The first-order valence-corrected chi connectivity index (χ1v) is 1.78. The van der Waals surface area contributed by atoms with E-state index in [0.29, 0.717) is 0 Å². The molecule has 0 unspecified atom stereocenters. The van der Waals surface area contributed by atoms with Gasteiger partial charge in [-0.2, -0.15) is 5.26 Å². The Hall–Kier alpha value is -0.960. The lowest BCUT2D eigenvalue weighted by molar-refractivity contribution is -0.154. The van der Waals surface area contributed by atoms with E-state index in [9.17, 15) is 0 Å². The Balaban J connectivity index is 2.76. The van der Waals surface area contributed by atoms with Gasteiger partial charge in [-0.05, 0) is 6.07 Å². The number of hydrogen-bond donors (Lipinski definition) is 1. The lowest BCUT2D eigenvalue weighted by Crippen LogP contribution is -1.76. The van der Waals surface area contributed by atoms with Crippen LogP contribution in [0.4, 0.5) is 0 Å². The summed E-state index contributed by atoms with van der Waals surface area (Å²) in [6.07, 6.45) is 1.41. The highest BCUT2D eigenvalue weighted by atomic mass is 17.1. The SMILES string of the molecule is OOc1ccco1. The van der Waals surface area contributed by atoms with Crippen LogP contribution in [0.1, 0.15) is 0 Å². The molecule has 3 heteroatoms. The highest BCUT2D eigenvalue weighted by Gasteiger charge is 1.87. The quantitative estimate of drug-likeness (QED) is 0.425.